The number of aromatic nitrogens is 4. The first-order valence-corrected chi connectivity index (χ1v) is 8.91. The van der Waals surface area contributed by atoms with Crippen molar-refractivity contribution in [2.75, 3.05) is 13.1 Å². The molecule has 1 saturated heterocycles. The van der Waals surface area contributed by atoms with Gasteiger partial charge in [-0.25, -0.2) is 13.8 Å². The standard InChI is InChI=1S/C17H21F2N5O/c18-15(19)14-8-13(22-17-20-10-21-24(14)17)12-6-3-7-23(9-12)16(25)11-4-1-2-5-11/h8,10-12,15H,1-7,9H2. The van der Waals surface area contributed by atoms with E-state index < -0.39 is 6.43 Å². The summed E-state index contributed by atoms with van der Waals surface area (Å²) in [5, 5.41) is 3.82. The Morgan fingerprint density at radius 2 is 2.00 bits per heavy atom. The SMILES string of the molecule is O=C(C1CCCC1)N1CCCC(c2cc(C(F)F)n3ncnc3n2)C1. The number of alkyl halides is 2. The summed E-state index contributed by atoms with van der Waals surface area (Å²) < 4.78 is 27.8. The fourth-order valence-corrected chi connectivity index (χ4v) is 4.07. The van der Waals surface area contributed by atoms with E-state index in [1.54, 1.807) is 0 Å². The Hall–Kier alpha value is -2.12. The number of halogens is 2. The molecule has 1 aliphatic heterocycles. The maximum atomic E-state index is 13.4. The number of likely N-dealkylation sites (tertiary alicyclic amines) is 1. The monoisotopic (exact) mass is 349 g/mol. The molecule has 2 aromatic rings. The normalized spacial score (nSPS) is 22.2. The van der Waals surface area contributed by atoms with Crippen molar-refractivity contribution in [1.82, 2.24) is 24.5 Å². The average Bonchev–Trinajstić information content (AvgIpc) is 3.31. The van der Waals surface area contributed by atoms with Crippen LogP contribution in [0.1, 0.15) is 62.3 Å². The molecule has 134 valence electrons. The minimum atomic E-state index is -2.65. The van der Waals surface area contributed by atoms with E-state index in [2.05, 4.69) is 15.1 Å². The topological polar surface area (TPSA) is 63.4 Å². The minimum Gasteiger partial charge on any atom is -0.342 e. The predicted octanol–water partition coefficient (Wildman–Crippen LogP) is 2.96. The molecule has 4 rings (SSSR count). The number of piperidine rings is 1. The summed E-state index contributed by atoms with van der Waals surface area (Å²) >= 11 is 0. The molecular weight excluding hydrogens is 328 g/mol. The summed E-state index contributed by atoms with van der Waals surface area (Å²) in [6.45, 7) is 1.30. The number of hydrogen-bond acceptors (Lipinski definition) is 4. The van der Waals surface area contributed by atoms with Gasteiger partial charge in [-0.2, -0.15) is 14.6 Å². The molecule has 0 N–H and O–H groups in total. The highest BCUT2D eigenvalue weighted by atomic mass is 19.3. The van der Waals surface area contributed by atoms with E-state index in [9.17, 15) is 13.6 Å². The van der Waals surface area contributed by atoms with Gasteiger partial charge in [-0.05, 0) is 31.7 Å². The maximum Gasteiger partial charge on any atom is 0.280 e. The number of amides is 1. The lowest BCUT2D eigenvalue weighted by Crippen LogP contribution is -2.42. The lowest BCUT2D eigenvalue weighted by molar-refractivity contribution is -0.136. The van der Waals surface area contributed by atoms with E-state index in [0.717, 1.165) is 49.6 Å². The highest BCUT2D eigenvalue weighted by Crippen LogP contribution is 2.32. The Labute approximate surface area is 144 Å². The van der Waals surface area contributed by atoms with Gasteiger partial charge in [0, 0.05) is 24.9 Å². The first kappa shape index (κ1) is 16.4. The third-order valence-electron chi connectivity index (χ3n) is 5.38. The van der Waals surface area contributed by atoms with Crippen LogP contribution >= 0.6 is 0 Å². The van der Waals surface area contributed by atoms with Gasteiger partial charge in [0.1, 0.15) is 12.0 Å². The van der Waals surface area contributed by atoms with Crippen LogP contribution in [0.3, 0.4) is 0 Å². The summed E-state index contributed by atoms with van der Waals surface area (Å²) in [4.78, 5) is 23.0. The van der Waals surface area contributed by atoms with E-state index >= 15 is 0 Å². The van der Waals surface area contributed by atoms with E-state index in [1.165, 1.54) is 12.4 Å². The molecule has 2 fully saturated rings. The van der Waals surface area contributed by atoms with Gasteiger partial charge >= 0.3 is 0 Å². The lowest BCUT2D eigenvalue weighted by atomic mass is 9.93. The van der Waals surface area contributed by atoms with Gasteiger partial charge in [0.15, 0.2) is 0 Å². The molecule has 3 heterocycles. The van der Waals surface area contributed by atoms with Crippen LogP contribution in [-0.4, -0.2) is 43.5 Å². The van der Waals surface area contributed by atoms with Crippen LogP contribution in [0.4, 0.5) is 8.78 Å². The number of carbonyl (C=O) groups is 1. The molecule has 2 aliphatic rings. The van der Waals surface area contributed by atoms with Crippen LogP contribution in [0, 0.1) is 5.92 Å². The molecule has 1 amide bonds. The number of rotatable bonds is 3. The van der Waals surface area contributed by atoms with Crippen molar-refractivity contribution in [3.05, 3.63) is 23.8 Å². The van der Waals surface area contributed by atoms with Crippen LogP contribution in [-0.2, 0) is 4.79 Å². The Kier molecular flexibility index (Phi) is 4.35. The van der Waals surface area contributed by atoms with Gasteiger partial charge in [-0.3, -0.25) is 4.79 Å². The number of carbonyl (C=O) groups excluding carboxylic acids is 1. The van der Waals surface area contributed by atoms with Gasteiger partial charge < -0.3 is 4.90 Å². The van der Waals surface area contributed by atoms with Crippen molar-refractivity contribution >= 4 is 11.7 Å². The van der Waals surface area contributed by atoms with Crippen molar-refractivity contribution < 1.29 is 13.6 Å². The van der Waals surface area contributed by atoms with Crippen molar-refractivity contribution in [1.29, 1.82) is 0 Å². The van der Waals surface area contributed by atoms with Crippen LogP contribution in [0.5, 0.6) is 0 Å². The highest BCUT2D eigenvalue weighted by Gasteiger charge is 2.32. The van der Waals surface area contributed by atoms with Gasteiger partial charge in [0.05, 0.1) is 5.69 Å². The Bertz CT molecular complexity index is 771. The zero-order chi connectivity index (χ0) is 17.4. The Morgan fingerprint density at radius 3 is 2.76 bits per heavy atom. The second kappa shape index (κ2) is 6.65. The van der Waals surface area contributed by atoms with E-state index in [4.69, 9.17) is 0 Å². The second-order valence-corrected chi connectivity index (χ2v) is 6.98. The maximum absolute atomic E-state index is 13.4. The quantitative estimate of drug-likeness (QED) is 0.855. The van der Waals surface area contributed by atoms with Crippen molar-refractivity contribution in [3.8, 4) is 0 Å². The van der Waals surface area contributed by atoms with E-state index in [0.29, 0.717) is 12.2 Å². The Balaban J connectivity index is 1.58. The lowest BCUT2D eigenvalue weighted by Gasteiger charge is -2.34. The first-order chi connectivity index (χ1) is 12.1. The third-order valence-corrected chi connectivity index (χ3v) is 5.38. The molecule has 6 nitrogen and oxygen atoms in total. The summed E-state index contributed by atoms with van der Waals surface area (Å²) in [5.74, 6) is 0.521. The van der Waals surface area contributed by atoms with Crippen molar-refractivity contribution in [3.63, 3.8) is 0 Å². The number of hydrogen-bond donors (Lipinski definition) is 0. The zero-order valence-electron chi connectivity index (χ0n) is 13.9. The Morgan fingerprint density at radius 1 is 1.20 bits per heavy atom. The molecule has 8 heteroatoms. The van der Waals surface area contributed by atoms with Crippen molar-refractivity contribution in [2.45, 2.75) is 50.9 Å². The van der Waals surface area contributed by atoms with Crippen LogP contribution in [0.15, 0.2) is 12.4 Å². The third kappa shape index (κ3) is 3.09. The molecule has 1 aliphatic carbocycles. The van der Waals surface area contributed by atoms with E-state index in [1.807, 2.05) is 4.90 Å². The van der Waals surface area contributed by atoms with Gasteiger partial charge in [-0.15, -0.1) is 0 Å². The smallest absolute Gasteiger partial charge is 0.280 e. The molecule has 0 spiro atoms. The van der Waals surface area contributed by atoms with Crippen LogP contribution < -0.4 is 0 Å². The molecule has 0 radical (unpaired) electrons. The fourth-order valence-electron chi connectivity index (χ4n) is 4.07. The van der Waals surface area contributed by atoms with Crippen molar-refractivity contribution in [2.24, 2.45) is 5.92 Å². The van der Waals surface area contributed by atoms with E-state index in [-0.39, 0.29) is 29.2 Å². The molecule has 0 bridgehead atoms. The molecule has 25 heavy (non-hydrogen) atoms. The number of fused-ring (bicyclic) bond motifs is 1. The van der Waals surface area contributed by atoms with Crippen LogP contribution in [0.2, 0.25) is 0 Å². The van der Waals surface area contributed by atoms with Gasteiger partial charge in [-0.1, -0.05) is 12.8 Å². The molecular formula is C17H21F2N5O. The summed E-state index contributed by atoms with van der Waals surface area (Å²) in [6.07, 6.45) is 4.48. The predicted molar refractivity (Wildman–Crippen MR) is 86.3 cm³/mol. The molecule has 1 atom stereocenters. The summed E-state index contributed by atoms with van der Waals surface area (Å²) in [6, 6.07) is 1.42. The zero-order valence-corrected chi connectivity index (χ0v) is 13.9. The highest BCUT2D eigenvalue weighted by molar-refractivity contribution is 5.79. The fraction of sp³-hybridized carbons (Fsp3) is 0.647. The van der Waals surface area contributed by atoms with Crippen LogP contribution in [0.25, 0.3) is 5.78 Å². The molecule has 2 aromatic heterocycles. The van der Waals surface area contributed by atoms with Gasteiger partial charge in [0.25, 0.3) is 12.2 Å². The number of nitrogens with zero attached hydrogens (tertiary/aromatic N) is 5. The summed E-state index contributed by atoms with van der Waals surface area (Å²) in [7, 11) is 0. The molecule has 1 saturated carbocycles. The molecule has 1 unspecified atom stereocenters. The average molecular weight is 349 g/mol. The second-order valence-electron chi connectivity index (χ2n) is 6.98. The first-order valence-electron chi connectivity index (χ1n) is 8.91. The minimum absolute atomic E-state index is 0.0293. The largest absolute Gasteiger partial charge is 0.342 e. The van der Waals surface area contributed by atoms with Gasteiger partial charge in [0.2, 0.25) is 5.91 Å². The summed E-state index contributed by atoms with van der Waals surface area (Å²) in [5.41, 5.74) is 0.386. The molecule has 0 aromatic carbocycles.